The monoisotopic (exact) mass is 742 g/mol. The molecule has 2 unspecified atom stereocenters. The van der Waals surface area contributed by atoms with Gasteiger partial charge in [0.05, 0.1) is 11.4 Å². The second kappa shape index (κ2) is 14.0. The fourth-order valence-corrected chi connectivity index (χ4v) is 7.42. The Morgan fingerprint density at radius 3 is 1.42 bits per heavy atom. The SMILES string of the molecule is O=C1C=C(S(=O)(=O)O)C2=CC(=NC(=O)c3cccc(NC(=O)Nc4cccc(C(=O)N=C5C=CC6CC(=O)C=C(S(=O)(=O)O)C6=C5)c4)c3)C=CC2C1. The number of rotatable bonds is 6. The third-order valence-electron chi connectivity index (χ3n) is 8.15. The second-order valence-corrected chi connectivity index (χ2v) is 14.6. The summed E-state index contributed by atoms with van der Waals surface area (Å²) >= 11 is 0. The first kappa shape index (κ1) is 35.8. The van der Waals surface area contributed by atoms with Gasteiger partial charge in [0.25, 0.3) is 32.1 Å². The molecule has 4 N–H and O–H groups in total. The number of hydrogen-bond donors (Lipinski definition) is 4. The third kappa shape index (κ3) is 8.13. The number of anilines is 2. The van der Waals surface area contributed by atoms with E-state index < -0.39 is 71.3 Å². The summed E-state index contributed by atoms with van der Waals surface area (Å²) in [6.07, 6.45) is 10.3. The number of aliphatic imine (C=N–C) groups is 2. The lowest BCUT2D eigenvalue weighted by molar-refractivity contribution is -0.116. The highest BCUT2D eigenvalue weighted by Gasteiger charge is 2.34. The van der Waals surface area contributed by atoms with E-state index in [1.54, 1.807) is 0 Å². The minimum atomic E-state index is -4.71. The lowest BCUT2D eigenvalue weighted by Gasteiger charge is -2.24. The number of benzene rings is 2. The van der Waals surface area contributed by atoms with Crippen LogP contribution in [-0.2, 0) is 29.8 Å². The van der Waals surface area contributed by atoms with Gasteiger partial charge in [-0.05, 0) is 71.8 Å². The summed E-state index contributed by atoms with van der Waals surface area (Å²) in [5.41, 5.74) is 1.00. The van der Waals surface area contributed by atoms with Crippen LogP contribution in [0.25, 0.3) is 0 Å². The van der Waals surface area contributed by atoms with Gasteiger partial charge in [-0.25, -0.2) is 14.8 Å². The van der Waals surface area contributed by atoms with Crippen LogP contribution in [0.15, 0.2) is 128 Å². The standard InChI is InChI=1S/C35H26N4O11S2/c40-27-13-19-7-9-25(15-29(19)31(17-27)51(45,46)47)36-33(42)21-3-1-5-23(11-21)38-35(44)39-24-6-2-4-22(12-24)34(43)37-26-10-8-20-14-28(41)18-32(30(20)16-26)52(48,49)50/h1-12,15-20H,13-14H2,(H2,38,39,44)(H,45,46,47)(H,48,49,50). The largest absolute Gasteiger partial charge is 0.323 e. The van der Waals surface area contributed by atoms with Crippen LogP contribution < -0.4 is 10.6 Å². The highest BCUT2D eigenvalue weighted by atomic mass is 32.2. The van der Waals surface area contributed by atoms with E-state index in [9.17, 15) is 49.9 Å². The summed E-state index contributed by atoms with van der Waals surface area (Å²) < 4.78 is 66.6. The molecule has 4 aliphatic carbocycles. The van der Waals surface area contributed by atoms with Gasteiger partial charge in [0.1, 0.15) is 9.81 Å². The van der Waals surface area contributed by atoms with Crippen molar-refractivity contribution in [3.05, 3.63) is 129 Å². The van der Waals surface area contributed by atoms with Crippen LogP contribution in [0.1, 0.15) is 33.6 Å². The lowest BCUT2D eigenvalue weighted by Crippen LogP contribution is -2.23. The van der Waals surface area contributed by atoms with Crippen molar-refractivity contribution >= 4 is 72.4 Å². The van der Waals surface area contributed by atoms with E-state index in [4.69, 9.17) is 0 Å². The van der Waals surface area contributed by atoms with E-state index in [0.717, 1.165) is 12.2 Å². The van der Waals surface area contributed by atoms with Gasteiger partial charge < -0.3 is 10.6 Å². The first-order valence-corrected chi connectivity index (χ1v) is 18.2. The van der Waals surface area contributed by atoms with E-state index in [1.165, 1.54) is 85.0 Å². The molecule has 2 aromatic rings. The van der Waals surface area contributed by atoms with E-state index >= 15 is 0 Å². The van der Waals surface area contributed by atoms with Crippen LogP contribution in [0, 0.1) is 11.8 Å². The van der Waals surface area contributed by atoms with Crippen molar-refractivity contribution in [3.63, 3.8) is 0 Å². The molecule has 4 amide bonds. The molecule has 2 aromatic carbocycles. The maximum atomic E-state index is 13.0. The third-order valence-corrected chi connectivity index (χ3v) is 9.97. The van der Waals surface area contributed by atoms with Gasteiger partial charge in [0.15, 0.2) is 11.6 Å². The summed E-state index contributed by atoms with van der Waals surface area (Å²) in [6, 6.07) is 10.9. The Bertz CT molecular complexity index is 2300. The zero-order valence-electron chi connectivity index (χ0n) is 26.6. The number of amides is 4. The van der Waals surface area contributed by atoms with Crippen LogP contribution in [0.4, 0.5) is 16.2 Å². The second-order valence-electron chi connectivity index (χ2n) is 11.9. The number of carbonyl (C=O) groups is 5. The van der Waals surface area contributed by atoms with Crippen molar-refractivity contribution in [3.8, 4) is 0 Å². The Hall–Kier alpha value is -6.01. The van der Waals surface area contributed by atoms with Gasteiger partial charge >= 0.3 is 6.03 Å². The predicted octanol–water partition coefficient (Wildman–Crippen LogP) is 4.21. The highest BCUT2D eigenvalue weighted by Crippen LogP contribution is 2.36. The maximum absolute atomic E-state index is 13.0. The first-order chi connectivity index (χ1) is 24.5. The molecule has 0 heterocycles. The average Bonchev–Trinajstić information content (AvgIpc) is 3.07. The number of nitrogens with one attached hydrogen (secondary N) is 2. The smallest absolute Gasteiger partial charge is 0.308 e. The number of hydrogen-bond acceptors (Lipinski definition) is 9. The molecule has 264 valence electrons. The van der Waals surface area contributed by atoms with Crippen LogP contribution in [-0.4, -0.2) is 66.8 Å². The number of ketones is 2. The number of fused-ring (bicyclic) bond motifs is 2. The molecule has 0 saturated carbocycles. The maximum Gasteiger partial charge on any atom is 0.323 e. The number of allylic oxidation sites excluding steroid dienone is 10. The summed E-state index contributed by atoms with van der Waals surface area (Å²) in [7, 11) is -9.41. The van der Waals surface area contributed by atoms with Crippen molar-refractivity contribution < 1.29 is 49.9 Å². The average molecular weight is 743 g/mol. The molecule has 52 heavy (non-hydrogen) atoms. The van der Waals surface area contributed by atoms with Crippen LogP contribution >= 0.6 is 0 Å². The Kier molecular flexibility index (Phi) is 9.61. The molecule has 6 rings (SSSR count). The van der Waals surface area contributed by atoms with E-state index in [-0.39, 0.29) is 57.9 Å². The zero-order valence-corrected chi connectivity index (χ0v) is 28.2. The molecule has 15 nitrogen and oxygen atoms in total. The highest BCUT2D eigenvalue weighted by molar-refractivity contribution is 7.90. The molecule has 2 atom stereocenters. The van der Waals surface area contributed by atoms with Crippen LogP contribution in [0.3, 0.4) is 0 Å². The summed E-state index contributed by atoms with van der Waals surface area (Å²) in [6.45, 7) is 0. The number of nitrogens with zero attached hydrogens (tertiary/aromatic N) is 2. The normalized spacial score (nSPS) is 21.3. The van der Waals surface area contributed by atoms with Gasteiger partial charge in [-0.3, -0.25) is 28.3 Å². The molecule has 0 fully saturated rings. The molecule has 0 aliphatic heterocycles. The van der Waals surface area contributed by atoms with E-state index in [2.05, 4.69) is 20.6 Å². The Morgan fingerprint density at radius 2 is 1.04 bits per heavy atom. The zero-order chi connectivity index (χ0) is 37.4. The molecule has 4 aliphatic rings. The van der Waals surface area contributed by atoms with Crippen molar-refractivity contribution in [2.45, 2.75) is 12.8 Å². The minimum Gasteiger partial charge on any atom is -0.308 e. The lowest BCUT2D eigenvalue weighted by atomic mass is 9.84. The Morgan fingerprint density at radius 1 is 0.635 bits per heavy atom. The molecule has 0 spiro atoms. The molecule has 0 aromatic heterocycles. The van der Waals surface area contributed by atoms with Gasteiger partial charge in [-0.2, -0.15) is 16.8 Å². The quantitative estimate of drug-likeness (QED) is 0.306. The Balaban J connectivity index is 1.13. The number of carbonyl (C=O) groups excluding carboxylic acids is 5. The molecule has 17 heteroatoms. The van der Waals surface area contributed by atoms with Crippen molar-refractivity contribution in [1.82, 2.24) is 0 Å². The van der Waals surface area contributed by atoms with Crippen molar-refractivity contribution in [1.29, 1.82) is 0 Å². The molecular weight excluding hydrogens is 717 g/mol. The molecular formula is C35H26N4O11S2. The van der Waals surface area contributed by atoms with E-state index in [0.29, 0.717) is 0 Å². The van der Waals surface area contributed by atoms with Crippen LogP contribution in [0.5, 0.6) is 0 Å². The summed E-state index contributed by atoms with van der Waals surface area (Å²) in [5, 5.41) is 5.15. The van der Waals surface area contributed by atoms with E-state index in [1.807, 2.05) is 0 Å². The predicted molar refractivity (Wildman–Crippen MR) is 189 cm³/mol. The van der Waals surface area contributed by atoms with Crippen LogP contribution in [0.2, 0.25) is 0 Å². The molecule has 0 saturated heterocycles. The van der Waals surface area contributed by atoms with Gasteiger partial charge in [-0.1, -0.05) is 24.3 Å². The summed E-state index contributed by atoms with van der Waals surface area (Å²) in [4.78, 5) is 69.6. The molecule has 0 bridgehead atoms. The fourth-order valence-electron chi connectivity index (χ4n) is 5.84. The Labute approximate surface area is 296 Å². The summed E-state index contributed by atoms with van der Waals surface area (Å²) in [5.74, 6) is -3.60. The van der Waals surface area contributed by atoms with Gasteiger partial charge in [0, 0.05) is 59.3 Å². The fraction of sp³-hybridized carbons (Fsp3) is 0.114. The van der Waals surface area contributed by atoms with Gasteiger partial charge in [0.2, 0.25) is 0 Å². The number of urea groups is 1. The minimum absolute atomic E-state index is 0.00431. The molecule has 0 radical (unpaired) electrons. The van der Waals surface area contributed by atoms with Gasteiger partial charge in [-0.15, -0.1) is 0 Å². The topological polar surface area (TPSA) is 243 Å². The first-order valence-electron chi connectivity index (χ1n) is 15.3. The van der Waals surface area contributed by atoms with Crippen molar-refractivity contribution in [2.24, 2.45) is 21.8 Å². The van der Waals surface area contributed by atoms with Crippen molar-refractivity contribution in [2.75, 3.05) is 10.6 Å².